The Balaban J connectivity index is 2.09. The summed E-state index contributed by atoms with van der Waals surface area (Å²) in [6.45, 7) is -0.00595. The minimum Gasteiger partial charge on any atom is -0.493 e. The molecule has 0 fully saturated rings. The second-order valence-corrected chi connectivity index (χ2v) is 7.20. The topological polar surface area (TPSA) is 82.1 Å². The number of ether oxygens (including phenoxy) is 3. The first-order chi connectivity index (χ1) is 11.9. The molecule has 0 atom stereocenters. The fourth-order valence-electron chi connectivity index (χ4n) is 2.76. The minimum atomic E-state index is -4.08. The number of amides is 1. The van der Waals surface area contributed by atoms with Gasteiger partial charge in [-0.1, -0.05) is 18.2 Å². The highest BCUT2D eigenvalue weighted by atomic mass is 32.2. The van der Waals surface area contributed by atoms with E-state index in [1.165, 1.54) is 33.5 Å². The highest BCUT2D eigenvalue weighted by molar-refractivity contribution is 7.89. The highest BCUT2D eigenvalue weighted by Gasteiger charge is 2.37. The number of benzene rings is 2. The Kier molecular flexibility index (Phi) is 4.30. The molecule has 2 aromatic rings. The molecule has 2 aromatic carbocycles. The summed E-state index contributed by atoms with van der Waals surface area (Å²) in [5.74, 6) is 0.124. The van der Waals surface area contributed by atoms with Crippen molar-refractivity contribution in [2.75, 3.05) is 21.3 Å². The van der Waals surface area contributed by atoms with E-state index in [0.29, 0.717) is 11.1 Å². The summed E-state index contributed by atoms with van der Waals surface area (Å²) in [4.78, 5) is 12.4. The van der Waals surface area contributed by atoms with Gasteiger partial charge < -0.3 is 14.2 Å². The Morgan fingerprint density at radius 3 is 2.08 bits per heavy atom. The van der Waals surface area contributed by atoms with Gasteiger partial charge in [-0.15, -0.1) is 0 Å². The third kappa shape index (κ3) is 2.68. The van der Waals surface area contributed by atoms with Gasteiger partial charge in [0.15, 0.2) is 11.5 Å². The van der Waals surface area contributed by atoms with E-state index in [9.17, 15) is 13.2 Å². The van der Waals surface area contributed by atoms with E-state index in [1.54, 1.807) is 24.3 Å². The van der Waals surface area contributed by atoms with Crippen molar-refractivity contribution in [2.45, 2.75) is 11.4 Å². The molecule has 0 radical (unpaired) electrons. The zero-order valence-corrected chi connectivity index (χ0v) is 14.8. The predicted octanol–water partition coefficient (Wildman–Crippen LogP) is 2.06. The fraction of sp³-hybridized carbons (Fsp3) is 0.235. The molecule has 0 aliphatic carbocycles. The van der Waals surface area contributed by atoms with Crippen LogP contribution in [0, 0.1) is 0 Å². The first kappa shape index (κ1) is 17.1. The lowest BCUT2D eigenvalue weighted by Crippen LogP contribution is -2.31. The molecule has 0 aromatic heterocycles. The van der Waals surface area contributed by atoms with Gasteiger partial charge in [0.2, 0.25) is 5.75 Å². The van der Waals surface area contributed by atoms with Crippen LogP contribution in [0.2, 0.25) is 0 Å². The van der Waals surface area contributed by atoms with Crippen LogP contribution in [0.1, 0.15) is 15.9 Å². The van der Waals surface area contributed by atoms with Gasteiger partial charge in [-0.3, -0.25) is 4.79 Å². The molecule has 0 unspecified atom stereocenters. The van der Waals surface area contributed by atoms with Crippen molar-refractivity contribution in [3.63, 3.8) is 0 Å². The van der Waals surface area contributed by atoms with Crippen molar-refractivity contribution >= 4 is 15.9 Å². The summed E-state index contributed by atoms with van der Waals surface area (Å²) in [5, 5.41) is 0. The maximum Gasteiger partial charge on any atom is 0.268 e. The van der Waals surface area contributed by atoms with Crippen molar-refractivity contribution in [3.05, 3.63) is 47.5 Å². The van der Waals surface area contributed by atoms with Crippen molar-refractivity contribution in [2.24, 2.45) is 0 Å². The number of fused-ring (bicyclic) bond motifs is 1. The Bertz CT molecular complexity index is 913. The van der Waals surface area contributed by atoms with Gasteiger partial charge in [-0.2, -0.15) is 0 Å². The highest BCUT2D eigenvalue weighted by Crippen LogP contribution is 2.41. The average Bonchev–Trinajstić information content (AvgIpc) is 2.98. The van der Waals surface area contributed by atoms with Gasteiger partial charge in [0.25, 0.3) is 15.9 Å². The van der Waals surface area contributed by atoms with Crippen molar-refractivity contribution < 1.29 is 27.4 Å². The number of nitrogens with zero attached hydrogens (tertiary/aromatic N) is 1. The van der Waals surface area contributed by atoms with Gasteiger partial charge in [0.1, 0.15) is 0 Å². The van der Waals surface area contributed by atoms with Crippen molar-refractivity contribution in [1.29, 1.82) is 0 Å². The second kappa shape index (κ2) is 6.29. The lowest BCUT2D eigenvalue weighted by molar-refractivity contribution is 0.0879. The third-order valence-corrected chi connectivity index (χ3v) is 5.72. The summed E-state index contributed by atoms with van der Waals surface area (Å²) in [6.07, 6.45) is 0. The molecule has 0 saturated carbocycles. The van der Waals surface area contributed by atoms with Crippen LogP contribution in [0.5, 0.6) is 17.2 Å². The molecule has 0 spiro atoms. The van der Waals surface area contributed by atoms with E-state index < -0.39 is 15.9 Å². The third-order valence-electron chi connectivity index (χ3n) is 4.01. The molecule has 1 amide bonds. The molecule has 1 aliphatic heterocycles. The number of methoxy groups -OCH3 is 3. The predicted molar refractivity (Wildman–Crippen MR) is 89.6 cm³/mol. The maximum atomic E-state index is 13.0. The van der Waals surface area contributed by atoms with Crippen LogP contribution in [0.3, 0.4) is 0 Å². The number of hydrogen-bond acceptors (Lipinski definition) is 6. The molecule has 7 nitrogen and oxygen atoms in total. The van der Waals surface area contributed by atoms with Crippen LogP contribution in [0.15, 0.2) is 41.3 Å². The molecule has 8 heteroatoms. The lowest BCUT2D eigenvalue weighted by Gasteiger charge is -2.19. The van der Waals surface area contributed by atoms with Crippen LogP contribution in [0.25, 0.3) is 0 Å². The van der Waals surface area contributed by atoms with E-state index in [2.05, 4.69) is 0 Å². The van der Waals surface area contributed by atoms with E-state index >= 15 is 0 Å². The zero-order valence-electron chi connectivity index (χ0n) is 14.0. The molecule has 0 bridgehead atoms. The Morgan fingerprint density at radius 2 is 1.56 bits per heavy atom. The lowest BCUT2D eigenvalue weighted by atomic mass is 10.1. The van der Waals surface area contributed by atoms with Gasteiger partial charge in [-0.25, -0.2) is 12.7 Å². The monoisotopic (exact) mass is 363 g/mol. The zero-order chi connectivity index (χ0) is 18.2. The number of carbonyl (C=O) groups is 1. The standard InChI is InChI=1S/C17H17NO6S/c1-22-14-8-12(9-15(23-2)16(14)24-3)25(20,21)18-10-11-6-4-5-7-13(11)17(18)19/h4-9H,10H2,1-3H3. The van der Waals surface area contributed by atoms with Gasteiger partial charge >= 0.3 is 0 Å². The first-order valence-electron chi connectivity index (χ1n) is 7.39. The van der Waals surface area contributed by atoms with Crippen LogP contribution >= 0.6 is 0 Å². The van der Waals surface area contributed by atoms with Crippen molar-refractivity contribution in [1.82, 2.24) is 4.31 Å². The Hall–Kier alpha value is -2.74. The van der Waals surface area contributed by atoms with Crippen LogP contribution in [-0.2, 0) is 16.6 Å². The number of hydrogen-bond donors (Lipinski definition) is 0. The maximum absolute atomic E-state index is 13.0. The number of rotatable bonds is 5. The number of sulfonamides is 1. The van der Waals surface area contributed by atoms with Gasteiger partial charge in [0, 0.05) is 17.7 Å². The molecule has 1 heterocycles. The smallest absolute Gasteiger partial charge is 0.268 e. The average molecular weight is 363 g/mol. The largest absolute Gasteiger partial charge is 0.493 e. The molecular formula is C17H17NO6S. The molecular weight excluding hydrogens is 346 g/mol. The first-order valence-corrected chi connectivity index (χ1v) is 8.83. The Morgan fingerprint density at radius 1 is 0.960 bits per heavy atom. The van der Waals surface area contributed by atoms with Crippen LogP contribution in [-0.4, -0.2) is 40.0 Å². The summed E-state index contributed by atoms with van der Waals surface area (Å²) in [7, 11) is 0.135. The molecule has 0 saturated heterocycles. The second-order valence-electron chi connectivity index (χ2n) is 5.34. The molecule has 1 aliphatic rings. The summed E-state index contributed by atoms with van der Waals surface area (Å²) in [6, 6.07) is 9.44. The van der Waals surface area contributed by atoms with E-state index in [1.807, 2.05) is 0 Å². The SMILES string of the molecule is COc1cc(S(=O)(=O)N2Cc3ccccc3C2=O)cc(OC)c1OC. The molecule has 3 rings (SSSR count). The van der Waals surface area contributed by atoms with Crippen molar-refractivity contribution in [3.8, 4) is 17.2 Å². The number of carbonyl (C=O) groups excluding carboxylic acids is 1. The van der Waals surface area contributed by atoms with E-state index in [-0.39, 0.29) is 28.7 Å². The van der Waals surface area contributed by atoms with Crippen LogP contribution < -0.4 is 14.2 Å². The van der Waals surface area contributed by atoms with E-state index in [4.69, 9.17) is 14.2 Å². The quantitative estimate of drug-likeness (QED) is 0.809. The molecule has 132 valence electrons. The molecule has 0 N–H and O–H groups in total. The van der Waals surface area contributed by atoms with Gasteiger partial charge in [0.05, 0.1) is 32.8 Å². The normalized spacial score (nSPS) is 13.6. The van der Waals surface area contributed by atoms with Crippen LogP contribution in [0.4, 0.5) is 0 Å². The van der Waals surface area contributed by atoms with E-state index in [0.717, 1.165) is 4.31 Å². The summed E-state index contributed by atoms with van der Waals surface area (Å²) < 4.78 is 42.4. The summed E-state index contributed by atoms with van der Waals surface area (Å²) in [5.41, 5.74) is 1.06. The fourth-order valence-corrected chi connectivity index (χ4v) is 4.15. The minimum absolute atomic E-state index is 0.00595. The summed E-state index contributed by atoms with van der Waals surface area (Å²) >= 11 is 0. The van der Waals surface area contributed by atoms with Gasteiger partial charge in [-0.05, 0) is 11.6 Å². The Labute approximate surface area is 145 Å². The molecule has 25 heavy (non-hydrogen) atoms.